The minimum atomic E-state index is -0.594. The van der Waals surface area contributed by atoms with Crippen molar-refractivity contribution in [1.29, 1.82) is 0 Å². The highest BCUT2D eigenvalue weighted by Gasteiger charge is 2.21. The molecule has 1 aliphatic rings. The highest BCUT2D eigenvalue weighted by atomic mass is 35.5. The number of nitrogens with one attached hydrogen (secondary N) is 2. The average molecular weight is 317 g/mol. The van der Waals surface area contributed by atoms with Gasteiger partial charge in [0, 0.05) is 11.1 Å². The van der Waals surface area contributed by atoms with Crippen molar-refractivity contribution in [2.75, 3.05) is 13.1 Å². The van der Waals surface area contributed by atoms with Gasteiger partial charge in [-0.15, -0.1) is 0 Å². The quantitative estimate of drug-likeness (QED) is 0.897. The van der Waals surface area contributed by atoms with E-state index < -0.39 is 6.10 Å². The molecule has 6 heteroatoms. The van der Waals surface area contributed by atoms with E-state index in [1.54, 1.807) is 25.1 Å². The minimum absolute atomic E-state index is 0.122. The molecular formula is C14H18Cl2N2O2. The predicted octanol–water partition coefficient (Wildman–Crippen LogP) is 2.63. The molecule has 1 heterocycles. The van der Waals surface area contributed by atoms with Crippen LogP contribution in [-0.2, 0) is 4.79 Å². The molecule has 0 bridgehead atoms. The van der Waals surface area contributed by atoms with Crippen LogP contribution in [0.25, 0.3) is 0 Å². The number of hydrogen-bond acceptors (Lipinski definition) is 3. The van der Waals surface area contributed by atoms with E-state index in [2.05, 4.69) is 10.6 Å². The van der Waals surface area contributed by atoms with Crippen LogP contribution in [0.4, 0.5) is 0 Å². The van der Waals surface area contributed by atoms with Crippen LogP contribution in [0.2, 0.25) is 10.0 Å². The van der Waals surface area contributed by atoms with Crippen LogP contribution in [0.15, 0.2) is 18.2 Å². The van der Waals surface area contributed by atoms with Crippen molar-refractivity contribution in [3.8, 4) is 5.75 Å². The highest BCUT2D eigenvalue weighted by molar-refractivity contribution is 6.35. The Hall–Kier alpha value is -0.970. The molecule has 1 unspecified atom stereocenters. The van der Waals surface area contributed by atoms with E-state index in [0.29, 0.717) is 15.8 Å². The van der Waals surface area contributed by atoms with Crippen molar-refractivity contribution in [1.82, 2.24) is 10.6 Å². The molecule has 0 aromatic heterocycles. The second-order valence-corrected chi connectivity index (χ2v) is 5.71. The van der Waals surface area contributed by atoms with Gasteiger partial charge in [0.25, 0.3) is 5.91 Å². The summed E-state index contributed by atoms with van der Waals surface area (Å²) in [7, 11) is 0. The molecule has 1 atom stereocenters. The first kappa shape index (κ1) is 15.4. The fraction of sp³-hybridized carbons (Fsp3) is 0.500. The molecule has 1 fully saturated rings. The van der Waals surface area contributed by atoms with Crippen LogP contribution in [-0.4, -0.2) is 31.1 Å². The van der Waals surface area contributed by atoms with Gasteiger partial charge in [0.2, 0.25) is 0 Å². The molecule has 1 aromatic rings. The average Bonchev–Trinajstić information content (AvgIpc) is 2.43. The van der Waals surface area contributed by atoms with Gasteiger partial charge in [-0.2, -0.15) is 0 Å². The van der Waals surface area contributed by atoms with Crippen LogP contribution in [0, 0.1) is 0 Å². The lowest BCUT2D eigenvalue weighted by atomic mass is 10.1. The first-order chi connectivity index (χ1) is 9.56. The summed E-state index contributed by atoms with van der Waals surface area (Å²) in [5.74, 6) is 0.340. The Morgan fingerprint density at radius 1 is 1.40 bits per heavy atom. The van der Waals surface area contributed by atoms with E-state index in [9.17, 15) is 4.79 Å². The summed E-state index contributed by atoms with van der Waals surface area (Å²) in [5.41, 5.74) is 0. The van der Waals surface area contributed by atoms with Crippen molar-refractivity contribution in [3.63, 3.8) is 0 Å². The highest BCUT2D eigenvalue weighted by Crippen LogP contribution is 2.28. The molecule has 1 aliphatic heterocycles. The molecule has 0 radical (unpaired) electrons. The number of benzene rings is 1. The summed E-state index contributed by atoms with van der Waals surface area (Å²) in [6.45, 7) is 3.58. The summed E-state index contributed by atoms with van der Waals surface area (Å²) in [6, 6.07) is 5.16. The zero-order valence-corrected chi connectivity index (χ0v) is 12.8. The predicted molar refractivity (Wildman–Crippen MR) is 80.6 cm³/mol. The summed E-state index contributed by atoms with van der Waals surface area (Å²) >= 11 is 11.8. The van der Waals surface area contributed by atoms with Crippen LogP contribution in [0.3, 0.4) is 0 Å². The molecule has 2 rings (SSSR count). The Bertz CT molecular complexity index is 476. The molecule has 1 saturated heterocycles. The fourth-order valence-corrected chi connectivity index (χ4v) is 2.55. The third-order valence-corrected chi connectivity index (χ3v) is 3.78. The maximum absolute atomic E-state index is 12.1. The zero-order valence-electron chi connectivity index (χ0n) is 11.3. The van der Waals surface area contributed by atoms with Crippen LogP contribution in [0.5, 0.6) is 5.75 Å². The van der Waals surface area contributed by atoms with Crippen molar-refractivity contribution >= 4 is 29.1 Å². The second kappa shape index (κ2) is 7.16. The molecule has 2 N–H and O–H groups in total. The number of rotatable bonds is 4. The molecule has 0 spiro atoms. The fourth-order valence-electron chi connectivity index (χ4n) is 2.10. The molecule has 110 valence electrons. The number of ether oxygens (including phenoxy) is 1. The number of carbonyl (C=O) groups excluding carboxylic acids is 1. The summed E-state index contributed by atoms with van der Waals surface area (Å²) in [6.07, 6.45) is 1.30. The van der Waals surface area contributed by atoms with Gasteiger partial charge in [-0.3, -0.25) is 4.79 Å². The molecular weight excluding hydrogens is 299 g/mol. The first-order valence-electron chi connectivity index (χ1n) is 6.69. The summed E-state index contributed by atoms with van der Waals surface area (Å²) < 4.78 is 5.59. The Morgan fingerprint density at radius 3 is 2.75 bits per heavy atom. The van der Waals surface area contributed by atoms with Crippen LogP contribution in [0.1, 0.15) is 19.8 Å². The number of carbonyl (C=O) groups is 1. The number of hydrogen-bond donors (Lipinski definition) is 2. The third-order valence-electron chi connectivity index (χ3n) is 3.25. The minimum Gasteiger partial charge on any atom is -0.479 e. The van der Waals surface area contributed by atoms with E-state index in [-0.39, 0.29) is 11.9 Å². The number of piperidine rings is 1. The lowest BCUT2D eigenvalue weighted by Crippen LogP contribution is -2.47. The van der Waals surface area contributed by atoms with Crippen molar-refractivity contribution in [3.05, 3.63) is 28.2 Å². The lowest BCUT2D eigenvalue weighted by molar-refractivity contribution is -0.128. The van der Waals surface area contributed by atoms with Crippen molar-refractivity contribution in [2.45, 2.75) is 31.9 Å². The Kier molecular flexibility index (Phi) is 5.52. The van der Waals surface area contributed by atoms with Crippen LogP contribution < -0.4 is 15.4 Å². The number of halogens is 2. The van der Waals surface area contributed by atoms with Gasteiger partial charge >= 0.3 is 0 Å². The Labute approximate surface area is 128 Å². The molecule has 1 amide bonds. The van der Waals surface area contributed by atoms with E-state index >= 15 is 0 Å². The molecule has 0 saturated carbocycles. The molecule has 0 aliphatic carbocycles. The third kappa shape index (κ3) is 4.27. The van der Waals surface area contributed by atoms with Gasteiger partial charge in [-0.05, 0) is 51.1 Å². The zero-order chi connectivity index (χ0) is 14.5. The lowest BCUT2D eigenvalue weighted by Gasteiger charge is -2.25. The first-order valence-corrected chi connectivity index (χ1v) is 7.44. The van der Waals surface area contributed by atoms with Gasteiger partial charge in [-0.25, -0.2) is 0 Å². The molecule has 4 nitrogen and oxygen atoms in total. The Morgan fingerprint density at radius 2 is 2.10 bits per heavy atom. The van der Waals surface area contributed by atoms with E-state index in [4.69, 9.17) is 27.9 Å². The number of amides is 1. The van der Waals surface area contributed by atoms with Gasteiger partial charge < -0.3 is 15.4 Å². The summed E-state index contributed by atoms with van der Waals surface area (Å²) in [5, 5.41) is 7.19. The normalized spacial score (nSPS) is 17.6. The topological polar surface area (TPSA) is 50.4 Å². The van der Waals surface area contributed by atoms with E-state index in [0.717, 1.165) is 25.9 Å². The maximum Gasteiger partial charge on any atom is 0.260 e. The Balaban J connectivity index is 1.89. The largest absolute Gasteiger partial charge is 0.479 e. The maximum atomic E-state index is 12.1. The smallest absolute Gasteiger partial charge is 0.260 e. The standard InChI is InChI=1S/C14H18Cl2N2O2/c1-9(14(19)18-11-4-6-17-7-5-11)20-13-3-2-10(15)8-12(13)16/h2-3,8-9,11,17H,4-7H2,1H3,(H,18,19). The van der Waals surface area contributed by atoms with Gasteiger partial charge in [-0.1, -0.05) is 23.2 Å². The van der Waals surface area contributed by atoms with Gasteiger partial charge in [0.05, 0.1) is 5.02 Å². The van der Waals surface area contributed by atoms with E-state index in [1.165, 1.54) is 0 Å². The molecule has 1 aromatic carbocycles. The second-order valence-electron chi connectivity index (χ2n) is 4.87. The van der Waals surface area contributed by atoms with Crippen molar-refractivity contribution in [2.24, 2.45) is 0 Å². The SMILES string of the molecule is CC(Oc1ccc(Cl)cc1Cl)C(=O)NC1CCNCC1. The summed E-state index contributed by atoms with van der Waals surface area (Å²) in [4.78, 5) is 12.1. The van der Waals surface area contributed by atoms with Crippen LogP contribution >= 0.6 is 23.2 Å². The van der Waals surface area contributed by atoms with Crippen molar-refractivity contribution < 1.29 is 9.53 Å². The molecule has 20 heavy (non-hydrogen) atoms. The van der Waals surface area contributed by atoms with Gasteiger partial charge in [0.15, 0.2) is 6.10 Å². The van der Waals surface area contributed by atoms with Gasteiger partial charge in [0.1, 0.15) is 5.75 Å². The monoisotopic (exact) mass is 316 g/mol. The van der Waals surface area contributed by atoms with E-state index in [1.807, 2.05) is 0 Å².